The Morgan fingerprint density at radius 1 is 1.05 bits per heavy atom. The molecule has 1 amide bonds. The molecule has 196 valence electrons. The summed E-state index contributed by atoms with van der Waals surface area (Å²) in [5, 5.41) is 11.7. The Morgan fingerprint density at radius 2 is 1.76 bits per heavy atom. The SMILES string of the molecule is COc1ccc(Cl)cc1/C(O)=C1\C(=O)C(=O)N(Cc2ccc(C(=O)OC(C)C)cc2)C1c1cccc(C)c1. The monoisotopic (exact) mass is 533 g/mol. The molecule has 1 aliphatic heterocycles. The number of rotatable bonds is 7. The predicted octanol–water partition coefficient (Wildman–Crippen LogP) is 5.84. The molecule has 3 aromatic rings. The van der Waals surface area contributed by atoms with Gasteiger partial charge in [-0.1, -0.05) is 53.6 Å². The van der Waals surface area contributed by atoms with Crippen LogP contribution in [0.4, 0.5) is 0 Å². The molecular weight excluding hydrogens is 506 g/mol. The minimum absolute atomic E-state index is 0.0571. The third-order valence-electron chi connectivity index (χ3n) is 6.20. The molecule has 0 radical (unpaired) electrons. The summed E-state index contributed by atoms with van der Waals surface area (Å²) < 4.78 is 10.6. The Hall–Kier alpha value is -4.10. The van der Waals surface area contributed by atoms with Crippen molar-refractivity contribution in [3.63, 3.8) is 0 Å². The highest BCUT2D eigenvalue weighted by molar-refractivity contribution is 6.46. The van der Waals surface area contributed by atoms with Crippen molar-refractivity contribution in [1.82, 2.24) is 4.90 Å². The molecule has 1 aliphatic rings. The standard InChI is InChI=1S/C30H28ClNO6/c1-17(2)38-30(36)20-10-8-19(9-11-20)16-32-26(21-7-5-6-18(3)14-21)25(28(34)29(32)35)27(33)23-15-22(31)12-13-24(23)37-4/h5-15,17,26,33H,16H2,1-4H3/b27-25+. The third-order valence-corrected chi connectivity index (χ3v) is 6.43. The molecule has 4 rings (SSSR count). The van der Waals surface area contributed by atoms with Crippen LogP contribution in [0, 0.1) is 6.92 Å². The van der Waals surface area contributed by atoms with Gasteiger partial charge in [0.1, 0.15) is 11.5 Å². The summed E-state index contributed by atoms with van der Waals surface area (Å²) in [4.78, 5) is 40.4. The van der Waals surface area contributed by atoms with Crippen LogP contribution in [-0.2, 0) is 20.9 Å². The summed E-state index contributed by atoms with van der Waals surface area (Å²) in [6.07, 6.45) is -0.249. The summed E-state index contributed by atoms with van der Waals surface area (Å²) in [5.74, 6) is -2.06. The molecule has 1 fully saturated rings. The lowest BCUT2D eigenvalue weighted by atomic mass is 9.94. The van der Waals surface area contributed by atoms with E-state index in [0.717, 1.165) is 5.56 Å². The second-order valence-electron chi connectivity index (χ2n) is 9.34. The number of carbonyl (C=O) groups is 3. The lowest BCUT2D eigenvalue weighted by molar-refractivity contribution is -0.140. The minimum Gasteiger partial charge on any atom is -0.507 e. The van der Waals surface area contributed by atoms with Gasteiger partial charge in [-0.25, -0.2) is 4.79 Å². The zero-order valence-electron chi connectivity index (χ0n) is 21.5. The van der Waals surface area contributed by atoms with Crippen molar-refractivity contribution in [1.29, 1.82) is 0 Å². The summed E-state index contributed by atoms with van der Waals surface area (Å²) in [5.41, 5.74) is 2.84. The van der Waals surface area contributed by atoms with Crippen LogP contribution in [-0.4, -0.2) is 40.9 Å². The van der Waals surface area contributed by atoms with Crippen molar-refractivity contribution in [2.45, 2.75) is 39.5 Å². The Labute approximate surface area is 226 Å². The van der Waals surface area contributed by atoms with E-state index in [1.54, 1.807) is 50.2 Å². The second-order valence-corrected chi connectivity index (χ2v) is 9.77. The number of Topliss-reactive ketones (excluding diaryl/α,β-unsaturated/α-hetero) is 1. The van der Waals surface area contributed by atoms with Gasteiger partial charge in [-0.15, -0.1) is 0 Å². The molecule has 1 unspecified atom stereocenters. The van der Waals surface area contributed by atoms with Crippen molar-refractivity contribution in [2.75, 3.05) is 7.11 Å². The van der Waals surface area contributed by atoms with Crippen LogP contribution >= 0.6 is 11.6 Å². The van der Waals surface area contributed by atoms with Crippen LogP contribution in [0.15, 0.2) is 72.3 Å². The van der Waals surface area contributed by atoms with Crippen molar-refractivity contribution in [3.05, 3.63) is 105 Å². The van der Waals surface area contributed by atoms with Gasteiger partial charge in [-0.2, -0.15) is 0 Å². The molecule has 8 heteroatoms. The van der Waals surface area contributed by atoms with Gasteiger partial charge in [0.05, 0.1) is 36.0 Å². The molecule has 1 N–H and O–H groups in total. The van der Waals surface area contributed by atoms with Gasteiger partial charge in [0.25, 0.3) is 11.7 Å². The first kappa shape index (κ1) is 26.9. The third kappa shape index (κ3) is 5.43. The van der Waals surface area contributed by atoms with Gasteiger partial charge in [0.2, 0.25) is 0 Å². The van der Waals surface area contributed by atoms with Crippen molar-refractivity contribution >= 4 is 35.0 Å². The molecule has 0 saturated carbocycles. The topological polar surface area (TPSA) is 93.1 Å². The Morgan fingerprint density at radius 3 is 2.39 bits per heavy atom. The minimum atomic E-state index is -0.857. The second kappa shape index (κ2) is 11.1. The van der Waals surface area contributed by atoms with E-state index in [1.807, 2.05) is 31.2 Å². The fourth-order valence-corrected chi connectivity index (χ4v) is 4.64. The number of ether oxygens (including phenoxy) is 2. The van der Waals surface area contributed by atoms with E-state index < -0.39 is 23.7 Å². The lowest BCUT2D eigenvalue weighted by Gasteiger charge is -2.26. The molecule has 3 aromatic carbocycles. The number of methoxy groups -OCH3 is 1. The molecule has 1 saturated heterocycles. The van der Waals surface area contributed by atoms with Crippen LogP contribution in [0.1, 0.15) is 52.5 Å². The number of aryl methyl sites for hydroxylation is 1. The zero-order valence-corrected chi connectivity index (χ0v) is 22.3. The zero-order chi connectivity index (χ0) is 27.6. The highest BCUT2D eigenvalue weighted by Gasteiger charge is 2.46. The largest absolute Gasteiger partial charge is 0.507 e. The van der Waals surface area contributed by atoms with E-state index >= 15 is 0 Å². The van der Waals surface area contributed by atoms with E-state index in [2.05, 4.69) is 0 Å². The van der Waals surface area contributed by atoms with Gasteiger partial charge < -0.3 is 19.5 Å². The van der Waals surface area contributed by atoms with Crippen LogP contribution < -0.4 is 4.74 Å². The van der Waals surface area contributed by atoms with Gasteiger partial charge in [-0.3, -0.25) is 9.59 Å². The number of aliphatic hydroxyl groups is 1. The summed E-state index contributed by atoms with van der Waals surface area (Å²) in [7, 11) is 1.44. The molecule has 7 nitrogen and oxygen atoms in total. The maximum Gasteiger partial charge on any atom is 0.338 e. The number of hydrogen-bond acceptors (Lipinski definition) is 6. The van der Waals surface area contributed by atoms with E-state index in [9.17, 15) is 19.5 Å². The average Bonchev–Trinajstić information content (AvgIpc) is 3.13. The van der Waals surface area contributed by atoms with Crippen molar-refractivity contribution in [3.8, 4) is 5.75 Å². The normalized spacial score (nSPS) is 16.7. The molecule has 0 bridgehead atoms. The van der Waals surface area contributed by atoms with Crippen molar-refractivity contribution in [2.24, 2.45) is 0 Å². The van der Waals surface area contributed by atoms with Crippen molar-refractivity contribution < 1.29 is 29.0 Å². The number of hydrogen-bond donors (Lipinski definition) is 1. The van der Waals surface area contributed by atoms with Crippen LogP contribution in [0.2, 0.25) is 5.02 Å². The smallest absolute Gasteiger partial charge is 0.338 e. The molecule has 0 spiro atoms. The fraction of sp³-hybridized carbons (Fsp3) is 0.233. The average molecular weight is 534 g/mol. The molecule has 1 heterocycles. The Kier molecular flexibility index (Phi) is 7.88. The first-order valence-electron chi connectivity index (χ1n) is 12.1. The quantitative estimate of drug-likeness (QED) is 0.177. The number of amides is 1. The lowest BCUT2D eigenvalue weighted by Crippen LogP contribution is -2.29. The van der Waals surface area contributed by atoms with Gasteiger partial charge in [-0.05, 0) is 62.2 Å². The maximum atomic E-state index is 13.4. The number of aliphatic hydroxyl groups excluding tert-OH is 1. The number of halogens is 1. The molecular formula is C30H28ClNO6. The first-order valence-corrected chi connectivity index (χ1v) is 12.5. The number of nitrogens with zero attached hydrogens (tertiary/aromatic N) is 1. The highest BCUT2D eigenvalue weighted by Crippen LogP contribution is 2.42. The van der Waals surface area contributed by atoms with Crippen LogP contribution in [0.5, 0.6) is 5.75 Å². The van der Waals surface area contributed by atoms with E-state index in [0.29, 0.717) is 27.5 Å². The number of carbonyl (C=O) groups excluding carboxylic acids is 3. The Bertz CT molecular complexity index is 1430. The highest BCUT2D eigenvalue weighted by atomic mass is 35.5. The number of likely N-dealkylation sites (tertiary alicyclic amines) is 1. The molecule has 38 heavy (non-hydrogen) atoms. The van der Waals surface area contributed by atoms with E-state index in [-0.39, 0.29) is 29.5 Å². The van der Waals surface area contributed by atoms with E-state index in [1.165, 1.54) is 18.1 Å². The fourth-order valence-electron chi connectivity index (χ4n) is 4.47. The van der Waals surface area contributed by atoms with Gasteiger partial charge in [0.15, 0.2) is 0 Å². The summed E-state index contributed by atoms with van der Waals surface area (Å²) in [6, 6.07) is 17.9. The van der Waals surface area contributed by atoms with Crippen LogP contribution in [0.3, 0.4) is 0 Å². The van der Waals surface area contributed by atoms with Crippen LogP contribution in [0.25, 0.3) is 5.76 Å². The predicted molar refractivity (Wildman–Crippen MR) is 144 cm³/mol. The summed E-state index contributed by atoms with van der Waals surface area (Å²) in [6.45, 7) is 5.52. The molecule has 0 aromatic heterocycles. The number of benzene rings is 3. The number of esters is 1. The molecule has 0 aliphatic carbocycles. The first-order chi connectivity index (χ1) is 18.1. The van der Waals surface area contributed by atoms with Gasteiger partial charge >= 0.3 is 5.97 Å². The van der Waals surface area contributed by atoms with E-state index in [4.69, 9.17) is 21.1 Å². The van der Waals surface area contributed by atoms with Gasteiger partial charge in [0, 0.05) is 11.6 Å². The maximum absolute atomic E-state index is 13.4. The summed E-state index contributed by atoms with van der Waals surface area (Å²) >= 11 is 6.18. The molecule has 1 atom stereocenters. The Balaban J connectivity index is 1.79. The number of ketones is 1.